The van der Waals surface area contributed by atoms with E-state index in [1.54, 1.807) is 13.0 Å². The molecule has 96 valence electrons. The Morgan fingerprint density at radius 3 is 2.59 bits per heavy atom. The van der Waals surface area contributed by atoms with Crippen molar-refractivity contribution in [3.05, 3.63) is 29.1 Å². The van der Waals surface area contributed by atoms with Crippen LogP contribution in [0.1, 0.15) is 24.1 Å². The highest BCUT2D eigenvalue weighted by Crippen LogP contribution is 2.27. The number of hydrogen-bond acceptors (Lipinski definition) is 3. The fraction of sp³-hybridized carbons (Fsp3) is 0.538. The van der Waals surface area contributed by atoms with E-state index in [1.165, 1.54) is 6.07 Å². The summed E-state index contributed by atoms with van der Waals surface area (Å²) in [6.45, 7) is 4.93. The maximum absolute atomic E-state index is 13.5. The highest BCUT2D eigenvalue weighted by Gasteiger charge is 2.12. The largest absolute Gasteiger partial charge is 0.492 e. The zero-order valence-electron chi connectivity index (χ0n) is 11.0. The highest BCUT2D eigenvalue weighted by atomic mass is 19.1. The Morgan fingerprint density at radius 1 is 1.41 bits per heavy atom. The van der Waals surface area contributed by atoms with Crippen LogP contribution in [0.4, 0.5) is 4.39 Å². The highest BCUT2D eigenvalue weighted by molar-refractivity contribution is 5.39. The Kier molecular flexibility index (Phi) is 4.90. The average Bonchev–Trinajstić information content (AvgIpc) is 2.22. The van der Waals surface area contributed by atoms with Gasteiger partial charge >= 0.3 is 0 Å². The van der Waals surface area contributed by atoms with Gasteiger partial charge in [0.1, 0.15) is 18.2 Å². The van der Waals surface area contributed by atoms with E-state index in [9.17, 15) is 4.39 Å². The topological polar surface area (TPSA) is 38.5 Å². The Labute approximate surface area is 102 Å². The summed E-state index contributed by atoms with van der Waals surface area (Å²) in [7, 11) is 3.96. The predicted octanol–water partition coefficient (Wildman–Crippen LogP) is 2.09. The van der Waals surface area contributed by atoms with Crippen LogP contribution >= 0.6 is 0 Å². The number of benzene rings is 1. The molecule has 0 aliphatic heterocycles. The predicted molar refractivity (Wildman–Crippen MR) is 67.8 cm³/mol. The monoisotopic (exact) mass is 240 g/mol. The summed E-state index contributed by atoms with van der Waals surface area (Å²) in [5.74, 6) is 0.443. The Morgan fingerprint density at radius 2 is 2.06 bits per heavy atom. The van der Waals surface area contributed by atoms with Crippen LogP contribution in [0, 0.1) is 12.7 Å². The van der Waals surface area contributed by atoms with Gasteiger partial charge in [-0.25, -0.2) is 4.39 Å². The first kappa shape index (κ1) is 13.9. The van der Waals surface area contributed by atoms with Crippen molar-refractivity contribution in [1.29, 1.82) is 0 Å². The minimum atomic E-state index is -0.239. The molecule has 0 spiro atoms. The van der Waals surface area contributed by atoms with Crippen molar-refractivity contribution in [2.45, 2.75) is 19.9 Å². The standard InChI is InChI=1S/C13H21FN2O/c1-9-7-13(17-6-5-16(3)4)11(10(2)15)8-12(9)14/h7-8,10H,5-6,15H2,1-4H3/t10-/m0/s1. The van der Waals surface area contributed by atoms with Crippen LogP contribution in [-0.4, -0.2) is 32.1 Å². The molecule has 3 nitrogen and oxygen atoms in total. The van der Waals surface area contributed by atoms with Gasteiger partial charge in [-0.05, 0) is 45.6 Å². The van der Waals surface area contributed by atoms with Gasteiger partial charge in [0.2, 0.25) is 0 Å². The molecule has 0 fully saturated rings. The zero-order chi connectivity index (χ0) is 13.0. The summed E-state index contributed by atoms with van der Waals surface area (Å²) >= 11 is 0. The average molecular weight is 240 g/mol. The number of ether oxygens (including phenoxy) is 1. The van der Waals surface area contributed by atoms with Crippen molar-refractivity contribution >= 4 is 0 Å². The molecule has 0 saturated heterocycles. The van der Waals surface area contributed by atoms with Gasteiger partial charge in [0.25, 0.3) is 0 Å². The number of halogens is 1. The van der Waals surface area contributed by atoms with Crippen molar-refractivity contribution < 1.29 is 9.13 Å². The van der Waals surface area contributed by atoms with Crippen LogP contribution in [-0.2, 0) is 0 Å². The lowest BCUT2D eigenvalue weighted by Gasteiger charge is -2.17. The molecule has 0 aromatic heterocycles. The first-order valence-corrected chi connectivity index (χ1v) is 5.75. The fourth-order valence-corrected chi connectivity index (χ4v) is 1.49. The number of hydrogen-bond donors (Lipinski definition) is 1. The van der Waals surface area contributed by atoms with Crippen LogP contribution in [0.25, 0.3) is 0 Å². The Hall–Kier alpha value is -1.13. The van der Waals surface area contributed by atoms with Gasteiger partial charge in [0, 0.05) is 18.2 Å². The molecule has 1 rings (SSSR count). The summed E-state index contributed by atoms with van der Waals surface area (Å²) < 4.78 is 19.1. The molecule has 0 heterocycles. The normalized spacial score (nSPS) is 12.9. The molecule has 1 aromatic rings. The Balaban J connectivity index is 2.85. The molecule has 0 bridgehead atoms. The molecule has 0 saturated carbocycles. The quantitative estimate of drug-likeness (QED) is 0.856. The van der Waals surface area contributed by atoms with E-state index >= 15 is 0 Å². The Bertz CT molecular complexity index is 378. The number of aryl methyl sites for hydroxylation is 1. The lowest BCUT2D eigenvalue weighted by Crippen LogP contribution is -2.20. The summed E-state index contributed by atoms with van der Waals surface area (Å²) in [5, 5.41) is 0. The lowest BCUT2D eigenvalue weighted by molar-refractivity contribution is 0.258. The van der Waals surface area contributed by atoms with Crippen molar-refractivity contribution in [3.63, 3.8) is 0 Å². The summed E-state index contributed by atoms with van der Waals surface area (Å²) in [6, 6.07) is 2.94. The van der Waals surface area contributed by atoms with Crippen LogP contribution in [0.15, 0.2) is 12.1 Å². The molecule has 0 aliphatic rings. The van der Waals surface area contributed by atoms with Gasteiger partial charge < -0.3 is 15.4 Å². The molecule has 0 aliphatic carbocycles. The van der Waals surface area contributed by atoms with Crippen LogP contribution in [0.2, 0.25) is 0 Å². The third-order valence-electron chi connectivity index (χ3n) is 2.58. The molecule has 1 atom stereocenters. The van der Waals surface area contributed by atoms with Gasteiger partial charge in [-0.3, -0.25) is 0 Å². The molecule has 0 radical (unpaired) electrons. The second-order valence-corrected chi connectivity index (χ2v) is 4.58. The third-order valence-corrected chi connectivity index (χ3v) is 2.58. The van der Waals surface area contributed by atoms with Gasteiger partial charge in [-0.1, -0.05) is 0 Å². The summed E-state index contributed by atoms with van der Waals surface area (Å²) in [4.78, 5) is 2.03. The second kappa shape index (κ2) is 5.98. The second-order valence-electron chi connectivity index (χ2n) is 4.58. The van der Waals surface area contributed by atoms with Gasteiger partial charge in [-0.15, -0.1) is 0 Å². The zero-order valence-corrected chi connectivity index (χ0v) is 11.0. The van der Waals surface area contributed by atoms with E-state index < -0.39 is 0 Å². The van der Waals surface area contributed by atoms with E-state index in [0.717, 1.165) is 6.54 Å². The number of likely N-dealkylation sites (N-methyl/N-ethyl adjacent to an activating group) is 1. The number of nitrogens with zero attached hydrogens (tertiary/aromatic N) is 1. The first-order valence-electron chi connectivity index (χ1n) is 5.75. The van der Waals surface area contributed by atoms with Crippen molar-refractivity contribution in [2.24, 2.45) is 5.73 Å². The first-order chi connectivity index (χ1) is 7.91. The molecule has 0 amide bonds. The number of nitrogens with two attached hydrogens (primary N) is 1. The molecule has 1 aromatic carbocycles. The third kappa shape index (κ3) is 3.98. The molecule has 0 unspecified atom stereocenters. The molecule has 17 heavy (non-hydrogen) atoms. The van der Waals surface area contributed by atoms with Crippen molar-refractivity contribution in [2.75, 3.05) is 27.2 Å². The molecule has 2 N–H and O–H groups in total. The van der Waals surface area contributed by atoms with Crippen molar-refractivity contribution in [3.8, 4) is 5.75 Å². The lowest BCUT2D eigenvalue weighted by atomic mass is 10.1. The minimum absolute atomic E-state index is 0.237. The smallest absolute Gasteiger partial charge is 0.126 e. The van der Waals surface area contributed by atoms with E-state index in [0.29, 0.717) is 23.5 Å². The van der Waals surface area contributed by atoms with E-state index in [-0.39, 0.29) is 11.9 Å². The summed E-state index contributed by atoms with van der Waals surface area (Å²) in [6.07, 6.45) is 0. The van der Waals surface area contributed by atoms with E-state index in [1.807, 2.05) is 25.9 Å². The minimum Gasteiger partial charge on any atom is -0.492 e. The van der Waals surface area contributed by atoms with E-state index in [4.69, 9.17) is 10.5 Å². The van der Waals surface area contributed by atoms with Crippen molar-refractivity contribution in [1.82, 2.24) is 4.90 Å². The fourth-order valence-electron chi connectivity index (χ4n) is 1.49. The molecule has 4 heteroatoms. The maximum atomic E-state index is 13.5. The summed E-state index contributed by atoms with van der Waals surface area (Å²) in [5.41, 5.74) is 7.10. The van der Waals surface area contributed by atoms with Gasteiger partial charge in [0.15, 0.2) is 0 Å². The number of rotatable bonds is 5. The van der Waals surface area contributed by atoms with E-state index in [2.05, 4.69) is 0 Å². The molecular formula is C13H21FN2O. The maximum Gasteiger partial charge on any atom is 0.126 e. The van der Waals surface area contributed by atoms with Crippen LogP contribution in [0.5, 0.6) is 5.75 Å². The van der Waals surface area contributed by atoms with Crippen LogP contribution < -0.4 is 10.5 Å². The SMILES string of the molecule is Cc1cc(OCCN(C)C)c([C@H](C)N)cc1F. The van der Waals surface area contributed by atoms with Gasteiger partial charge in [-0.2, -0.15) is 0 Å². The molecular weight excluding hydrogens is 219 g/mol. The van der Waals surface area contributed by atoms with Crippen LogP contribution in [0.3, 0.4) is 0 Å². The van der Waals surface area contributed by atoms with Gasteiger partial charge in [0.05, 0.1) is 0 Å².